The fourth-order valence-corrected chi connectivity index (χ4v) is 2.77. The summed E-state index contributed by atoms with van der Waals surface area (Å²) in [6, 6.07) is 15.6. The van der Waals surface area contributed by atoms with Crippen LogP contribution in [0.1, 0.15) is 0 Å². The van der Waals surface area contributed by atoms with Crippen LogP contribution in [0.25, 0.3) is 32.9 Å². The van der Waals surface area contributed by atoms with Gasteiger partial charge in [-0.3, -0.25) is 4.79 Å². The van der Waals surface area contributed by atoms with Crippen molar-refractivity contribution in [3.05, 3.63) is 77.0 Å². The number of rotatable bonds is 1. The number of benzene rings is 2. The van der Waals surface area contributed by atoms with Gasteiger partial charge in [-0.15, -0.1) is 0 Å². The van der Waals surface area contributed by atoms with Crippen LogP contribution in [0.4, 0.5) is 4.39 Å². The molecule has 106 valence electrons. The van der Waals surface area contributed by atoms with Gasteiger partial charge in [-0.1, -0.05) is 30.3 Å². The first-order valence-corrected chi connectivity index (χ1v) is 6.90. The summed E-state index contributed by atoms with van der Waals surface area (Å²) in [7, 11) is 0. The van der Waals surface area contributed by atoms with E-state index in [0.29, 0.717) is 11.0 Å². The molecule has 0 atom stereocenters. The minimum atomic E-state index is -0.277. The third kappa shape index (κ3) is 1.89. The van der Waals surface area contributed by atoms with Gasteiger partial charge in [-0.05, 0) is 40.8 Å². The highest BCUT2D eigenvalue weighted by Gasteiger charge is 2.11. The van der Waals surface area contributed by atoms with E-state index >= 15 is 0 Å². The average Bonchev–Trinajstić information content (AvgIpc) is 2.55. The summed E-state index contributed by atoms with van der Waals surface area (Å²) in [5.41, 5.74) is 2.17. The second-order valence-corrected chi connectivity index (χ2v) is 5.09. The Bertz CT molecular complexity index is 1050. The number of nitrogens with one attached hydrogen (secondary N) is 1. The molecule has 2 aromatic carbocycles. The van der Waals surface area contributed by atoms with Gasteiger partial charge in [0.1, 0.15) is 11.5 Å². The normalized spacial score (nSPS) is 11.1. The van der Waals surface area contributed by atoms with E-state index in [0.717, 1.165) is 21.9 Å². The van der Waals surface area contributed by atoms with Crippen molar-refractivity contribution in [1.29, 1.82) is 0 Å². The van der Waals surface area contributed by atoms with Crippen LogP contribution in [0.3, 0.4) is 0 Å². The highest BCUT2D eigenvalue weighted by atomic mass is 19.1. The summed E-state index contributed by atoms with van der Waals surface area (Å²) in [5.74, 6) is -0.277. The number of hydrogen-bond donors (Lipinski definition) is 1. The molecule has 0 fully saturated rings. The van der Waals surface area contributed by atoms with Gasteiger partial charge in [0.2, 0.25) is 0 Å². The average molecular weight is 290 g/mol. The quantitative estimate of drug-likeness (QED) is 0.541. The lowest BCUT2D eigenvalue weighted by Gasteiger charge is -2.09. The Morgan fingerprint density at radius 1 is 0.909 bits per heavy atom. The molecule has 0 saturated heterocycles. The Morgan fingerprint density at radius 2 is 1.64 bits per heavy atom. The van der Waals surface area contributed by atoms with E-state index in [9.17, 15) is 9.18 Å². The molecule has 0 spiro atoms. The van der Waals surface area contributed by atoms with E-state index in [-0.39, 0.29) is 11.4 Å². The van der Waals surface area contributed by atoms with Gasteiger partial charge in [-0.2, -0.15) is 0 Å². The molecule has 4 aromatic rings. The van der Waals surface area contributed by atoms with Crippen molar-refractivity contribution in [2.45, 2.75) is 0 Å². The Labute approximate surface area is 125 Å². The van der Waals surface area contributed by atoms with Gasteiger partial charge in [0.15, 0.2) is 0 Å². The Hall–Kier alpha value is -3.01. The molecular weight excluding hydrogens is 279 g/mol. The molecule has 0 unspecified atom stereocenters. The minimum absolute atomic E-state index is 0.160. The van der Waals surface area contributed by atoms with E-state index in [1.807, 2.05) is 24.3 Å². The van der Waals surface area contributed by atoms with Crippen LogP contribution in [0.5, 0.6) is 0 Å². The van der Waals surface area contributed by atoms with Crippen molar-refractivity contribution >= 4 is 21.8 Å². The molecule has 4 rings (SSSR count). The minimum Gasteiger partial charge on any atom is -0.306 e. The fourth-order valence-electron chi connectivity index (χ4n) is 2.77. The smallest absolute Gasteiger partial charge is 0.257 e. The van der Waals surface area contributed by atoms with E-state index < -0.39 is 0 Å². The van der Waals surface area contributed by atoms with Crippen LogP contribution in [0, 0.1) is 5.82 Å². The first kappa shape index (κ1) is 12.7. The zero-order chi connectivity index (χ0) is 15.1. The predicted octanol–water partition coefficient (Wildman–Crippen LogP) is 3.88. The monoisotopic (exact) mass is 290 g/mol. The third-order valence-corrected chi connectivity index (χ3v) is 3.78. The van der Waals surface area contributed by atoms with Crippen LogP contribution < -0.4 is 5.56 Å². The second kappa shape index (κ2) is 4.77. The zero-order valence-electron chi connectivity index (χ0n) is 11.5. The molecule has 0 aliphatic carbocycles. The summed E-state index contributed by atoms with van der Waals surface area (Å²) in [5, 5.41) is 2.32. The van der Waals surface area contributed by atoms with Crippen molar-refractivity contribution in [3.8, 4) is 11.1 Å². The second-order valence-electron chi connectivity index (χ2n) is 5.09. The Balaban J connectivity index is 2.18. The molecular formula is C18H11FN2O. The maximum absolute atomic E-state index is 13.2. The van der Waals surface area contributed by atoms with E-state index in [2.05, 4.69) is 9.97 Å². The van der Waals surface area contributed by atoms with Crippen molar-refractivity contribution in [1.82, 2.24) is 9.97 Å². The largest absolute Gasteiger partial charge is 0.306 e. The van der Waals surface area contributed by atoms with Crippen molar-refractivity contribution in [3.63, 3.8) is 0 Å². The molecule has 0 saturated carbocycles. The zero-order valence-corrected chi connectivity index (χ0v) is 11.5. The molecule has 0 radical (unpaired) electrons. The molecule has 1 N–H and O–H groups in total. The summed E-state index contributed by atoms with van der Waals surface area (Å²) < 4.78 is 13.2. The Morgan fingerprint density at radius 3 is 2.41 bits per heavy atom. The molecule has 0 bridgehead atoms. The van der Waals surface area contributed by atoms with E-state index in [1.54, 1.807) is 24.4 Å². The standard InChI is InChI=1S/C18H11FN2O/c19-12-7-5-11(6-8-12)13-9-10-20-17-16(13)14-3-1-2-4-15(14)18(22)21-17/h1-10H,(H,20,21,22). The molecule has 2 heterocycles. The molecule has 0 amide bonds. The summed E-state index contributed by atoms with van der Waals surface area (Å²) in [6.45, 7) is 0. The highest BCUT2D eigenvalue weighted by Crippen LogP contribution is 2.31. The van der Waals surface area contributed by atoms with Crippen LogP contribution in [0.15, 0.2) is 65.6 Å². The lowest BCUT2D eigenvalue weighted by Crippen LogP contribution is -2.07. The van der Waals surface area contributed by atoms with Crippen molar-refractivity contribution in [2.75, 3.05) is 0 Å². The van der Waals surface area contributed by atoms with Gasteiger partial charge >= 0.3 is 0 Å². The van der Waals surface area contributed by atoms with Gasteiger partial charge in [0.25, 0.3) is 5.56 Å². The maximum Gasteiger partial charge on any atom is 0.257 e. The predicted molar refractivity (Wildman–Crippen MR) is 85.3 cm³/mol. The maximum atomic E-state index is 13.2. The lowest BCUT2D eigenvalue weighted by atomic mass is 9.99. The summed E-state index contributed by atoms with van der Waals surface area (Å²) in [4.78, 5) is 19.2. The molecule has 2 aromatic heterocycles. The van der Waals surface area contributed by atoms with Crippen LogP contribution >= 0.6 is 0 Å². The Kier molecular flexibility index (Phi) is 2.76. The summed E-state index contributed by atoms with van der Waals surface area (Å²) >= 11 is 0. The van der Waals surface area contributed by atoms with Gasteiger partial charge < -0.3 is 4.98 Å². The van der Waals surface area contributed by atoms with Crippen LogP contribution in [-0.2, 0) is 0 Å². The molecule has 0 aliphatic heterocycles. The fraction of sp³-hybridized carbons (Fsp3) is 0. The van der Waals surface area contributed by atoms with Crippen molar-refractivity contribution in [2.24, 2.45) is 0 Å². The number of H-pyrrole nitrogens is 1. The van der Waals surface area contributed by atoms with Gasteiger partial charge in [0, 0.05) is 17.0 Å². The number of halogens is 1. The van der Waals surface area contributed by atoms with Gasteiger partial charge in [-0.25, -0.2) is 9.37 Å². The van der Waals surface area contributed by atoms with E-state index in [4.69, 9.17) is 0 Å². The highest BCUT2D eigenvalue weighted by molar-refractivity contribution is 6.11. The van der Waals surface area contributed by atoms with E-state index in [1.165, 1.54) is 12.1 Å². The summed E-state index contributed by atoms with van der Waals surface area (Å²) in [6.07, 6.45) is 1.64. The molecule has 22 heavy (non-hydrogen) atoms. The number of aromatic amines is 1. The SMILES string of the molecule is O=c1[nH]c2nccc(-c3ccc(F)cc3)c2c2ccccc12. The lowest BCUT2D eigenvalue weighted by molar-refractivity contribution is 0.628. The topological polar surface area (TPSA) is 45.8 Å². The molecule has 4 heteroatoms. The number of nitrogens with zero attached hydrogens (tertiary/aromatic N) is 1. The number of pyridine rings is 2. The molecule has 0 aliphatic rings. The number of fused-ring (bicyclic) bond motifs is 3. The first-order chi connectivity index (χ1) is 10.7. The van der Waals surface area contributed by atoms with Crippen LogP contribution in [-0.4, -0.2) is 9.97 Å². The third-order valence-electron chi connectivity index (χ3n) is 3.78. The van der Waals surface area contributed by atoms with Gasteiger partial charge in [0.05, 0.1) is 0 Å². The first-order valence-electron chi connectivity index (χ1n) is 6.90. The number of hydrogen-bond acceptors (Lipinski definition) is 2. The van der Waals surface area contributed by atoms with Crippen LogP contribution in [0.2, 0.25) is 0 Å². The number of aromatic nitrogens is 2. The van der Waals surface area contributed by atoms with Crippen molar-refractivity contribution < 1.29 is 4.39 Å². The molecule has 3 nitrogen and oxygen atoms in total.